The molecule has 0 fully saturated rings. The molecule has 0 aliphatic rings. The van der Waals surface area contributed by atoms with E-state index in [4.69, 9.17) is 0 Å². The van der Waals surface area contributed by atoms with Gasteiger partial charge >= 0.3 is 0 Å². The Balaban J connectivity index is 2.41. The second-order valence-electron chi connectivity index (χ2n) is 4.23. The van der Waals surface area contributed by atoms with E-state index in [0.717, 1.165) is 33.7 Å². The molecule has 18 heavy (non-hydrogen) atoms. The molecule has 1 heteroatoms. The van der Waals surface area contributed by atoms with Crippen molar-refractivity contribution in [1.29, 1.82) is 0 Å². The highest BCUT2D eigenvalue weighted by molar-refractivity contribution is 6.04. The molecular weight excluding hydrogens is 220 g/mol. The molecule has 0 aromatic heterocycles. The van der Waals surface area contributed by atoms with Gasteiger partial charge in [-0.1, -0.05) is 66.7 Å². The summed E-state index contributed by atoms with van der Waals surface area (Å²) in [4.78, 5) is 11.2. The monoisotopic (exact) mass is 232 g/mol. The van der Waals surface area contributed by atoms with Gasteiger partial charge in [-0.15, -0.1) is 0 Å². The van der Waals surface area contributed by atoms with Crippen molar-refractivity contribution in [2.24, 2.45) is 0 Å². The molecule has 0 N–H and O–H groups in total. The lowest BCUT2D eigenvalue weighted by Gasteiger charge is -2.09. The van der Waals surface area contributed by atoms with Crippen LogP contribution in [0.5, 0.6) is 0 Å². The van der Waals surface area contributed by atoms with Crippen molar-refractivity contribution in [2.75, 3.05) is 0 Å². The molecule has 0 spiro atoms. The Kier molecular flexibility index (Phi) is 2.66. The first-order chi connectivity index (χ1) is 8.90. The fraction of sp³-hybridized carbons (Fsp3) is 0. The summed E-state index contributed by atoms with van der Waals surface area (Å²) >= 11 is 0. The quantitative estimate of drug-likeness (QED) is 0.601. The van der Waals surface area contributed by atoms with Gasteiger partial charge in [0.15, 0.2) is 6.29 Å². The van der Waals surface area contributed by atoms with E-state index in [-0.39, 0.29) is 0 Å². The second-order valence-corrected chi connectivity index (χ2v) is 4.23. The average Bonchev–Trinajstić information content (AvgIpc) is 2.47. The van der Waals surface area contributed by atoms with Crippen LogP contribution in [0.3, 0.4) is 0 Å². The number of aldehydes is 1. The van der Waals surface area contributed by atoms with Crippen LogP contribution >= 0.6 is 0 Å². The summed E-state index contributed by atoms with van der Waals surface area (Å²) in [7, 11) is 0. The third-order valence-corrected chi connectivity index (χ3v) is 3.15. The van der Waals surface area contributed by atoms with E-state index in [1.807, 2.05) is 54.6 Å². The van der Waals surface area contributed by atoms with Crippen molar-refractivity contribution in [1.82, 2.24) is 0 Å². The third-order valence-electron chi connectivity index (χ3n) is 3.15. The van der Waals surface area contributed by atoms with Gasteiger partial charge in [0.1, 0.15) is 0 Å². The van der Waals surface area contributed by atoms with Gasteiger partial charge in [0.05, 0.1) is 0 Å². The zero-order valence-corrected chi connectivity index (χ0v) is 9.84. The van der Waals surface area contributed by atoms with E-state index >= 15 is 0 Å². The molecular formula is C17H12O. The number of hydrogen-bond acceptors (Lipinski definition) is 1. The molecule has 86 valence electrons. The van der Waals surface area contributed by atoms with Crippen LogP contribution < -0.4 is 0 Å². The summed E-state index contributed by atoms with van der Waals surface area (Å²) in [6.07, 6.45) is 0.925. The Morgan fingerprint density at radius 2 is 1.44 bits per heavy atom. The highest BCUT2D eigenvalue weighted by Crippen LogP contribution is 2.31. The van der Waals surface area contributed by atoms with E-state index in [1.165, 1.54) is 0 Å². The van der Waals surface area contributed by atoms with Gasteiger partial charge in [-0.05, 0) is 21.9 Å². The second kappa shape index (κ2) is 4.46. The predicted octanol–water partition coefficient (Wildman–Crippen LogP) is 4.32. The number of rotatable bonds is 2. The lowest BCUT2D eigenvalue weighted by molar-refractivity contribution is 0.112. The van der Waals surface area contributed by atoms with E-state index in [9.17, 15) is 4.79 Å². The number of carbonyl (C=O) groups excluding carboxylic acids is 1. The molecule has 3 aromatic carbocycles. The minimum absolute atomic E-state index is 0.736. The molecule has 0 aliphatic carbocycles. The van der Waals surface area contributed by atoms with Crippen LogP contribution in [0.15, 0.2) is 66.7 Å². The normalized spacial score (nSPS) is 10.4. The maximum absolute atomic E-state index is 11.2. The first-order valence-corrected chi connectivity index (χ1v) is 5.92. The molecule has 3 rings (SSSR count). The van der Waals surface area contributed by atoms with Crippen molar-refractivity contribution in [3.05, 3.63) is 72.3 Å². The lowest BCUT2D eigenvalue weighted by atomic mass is 9.94. The standard InChI is InChI=1S/C17H12O/c18-12-15-11-10-13-6-4-5-9-16(13)17(15)14-7-2-1-3-8-14/h1-12H. The number of carbonyl (C=O) groups is 1. The van der Waals surface area contributed by atoms with E-state index < -0.39 is 0 Å². The van der Waals surface area contributed by atoms with E-state index in [1.54, 1.807) is 0 Å². The van der Waals surface area contributed by atoms with Crippen LogP contribution in [-0.2, 0) is 0 Å². The van der Waals surface area contributed by atoms with Gasteiger partial charge in [-0.25, -0.2) is 0 Å². The van der Waals surface area contributed by atoms with Gasteiger partial charge < -0.3 is 0 Å². The van der Waals surface area contributed by atoms with Crippen molar-refractivity contribution in [3.63, 3.8) is 0 Å². The van der Waals surface area contributed by atoms with Gasteiger partial charge in [0, 0.05) is 5.56 Å². The molecule has 0 atom stereocenters. The summed E-state index contributed by atoms with van der Waals surface area (Å²) in [5, 5.41) is 2.27. The SMILES string of the molecule is O=Cc1ccc2ccccc2c1-c1ccccc1. The van der Waals surface area contributed by atoms with Gasteiger partial charge in [-0.2, -0.15) is 0 Å². The highest BCUT2D eigenvalue weighted by atomic mass is 16.1. The third kappa shape index (κ3) is 1.70. The molecule has 0 radical (unpaired) electrons. The van der Waals surface area contributed by atoms with Crippen LogP contribution in [0.25, 0.3) is 21.9 Å². The fourth-order valence-electron chi connectivity index (χ4n) is 2.31. The molecule has 1 nitrogen and oxygen atoms in total. The molecule has 0 saturated carbocycles. The lowest BCUT2D eigenvalue weighted by Crippen LogP contribution is -1.89. The van der Waals surface area contributed by atoms with Crippen LogP contribution in [-0.4, -0.2) is 6.29 Å². The van der Waals surface area contributed by atoms with Crippen molar-refractivity contribution in [2.45, 2.75) is 0 Å². The highest BCUT2D eigenvalue weighted by Gasteiger charge is 2.08. The predicted molar refractivity (Wildman–Crippen MR) is 74.8 cm³/mol. The Hall–Kier alpha value is -2.41. The zero-order chi connectivity index (χ0) is 12.4. The van der Waals surface area contributed by atoms with Crippen molar-refractivity contribution >= 4 is 17.1 Å². The van der Waals surface area contributed by atoms with Crippen molar-refractivity contribution in [3.8, 4) is 11.1 Å². The Morgan fingerprint density at radius 1 is 0.722 bits per heavy atom. The molecule has 0 unspecified atom stereocenters. The summed E-state index contributed by atoms with van der Waals surface area (Å²) in [5.74, 6) is 0. The molecule has 0 saturated heterocycles. The van der Waals surface area contributed by atoms with E-state index in [2.05, 4.69) is 12.1 Å². The fourth-order valence-corrected chi connectivity index (χ4v) is 2.31. The molecule has 0 bridgehead atoms. The van der Waals surface area contributed by atoms with Gasteiger partial charge in [0.2, 0.25) is 0 Å². The van der Waals surface area contributed by atoms with Crippen LogP contribution in [0.1, 0.15) is 10.4 Å². The van der Waals surface area contributed by atoms with Crippen LogP contribution in [0.2, 0.25) is 0 Å². The summed E-state index contributed by atoms with van der Waals surface area (Å²) in [6, 6.07) is 22.1. The van der Waals surface area contributed by atoms with E-state index in [0.29, 0.717) is 0 Å². The Labute approximate surface area is 106 Å². The van der Waals surface area contributed by atoms with Crippen molar-refractivity contribution < 1.29 is 4.79 Å². The topological polar surface area (TPSA) is 17.1 Å². The van der Waals surface area contributed by atoms with Crippen LogP contribution in [0, 0.1) is 0 Å². The number of hydrogen-bond donors (Lipinski definition) is 0. The molecule has 0 heterocycles. The summed E-state index contributed by atoms with van der Waals surface area (Å²) in [6.45, 7) is 0. The number of fused-ring (bicyclic) bond motifs is 1. The first kappa shape index (κ1) is 10.7. The minimum atomic E-state index is 0.736. The Bertz CT molecular complexity index is 699. The summed E-state index contributed by atoms with van der Waals surface area (Å²) < 4.78 is 0. The zero-order valence-electron chi connectivity index (χ0n) is 9.84. The maximum Gasteiger partial charge on any atom is 0.150 e. The van der Waals surface area contributed by atoms with Gasteiger partial charge in [0.25, 0.3) is 0 Å². The minimum Gasteiger partial charge on any atom is -0.298 e. The van der Waals surface area contributed by atoms with Crippen LogP contribution in [0.4, 0.5) is 0 Å². The maximum atomic E-state index is 11.2. The molecule has 0 aliphatic heterocycles. The first-order valence-electron chi connectivity index (χ1n) is 5.92. The summed E-state index contributed by atoms with van der Waals surface area (Å²) in [5.41, 5.74) is 2.83. The molecule has 3 aromatic rings. The Morgan fingerprint density at radius 3 is 2.22 bits per heavy atom. The average molecular weight is 232 g/mol. The molecule has 0 amide bonds. The number of benzene rings is 3. The van der Waals surface area contributed by atoms with Gasteiger partial charge in [-0.3, -0.25) is 4.79 Å². The smallest absolute Gasteiger partial charge is 0.150 e. The largest absolute Gasteiger partial charge is 0.298 e.